The predicted octanol–water partition coefficient (Wildman–Crippen LogP) is 6.05. The average Bonchev–Trinajstić information content (AvgIpc) is 3.09. The molecule has 0 bridgehead atoms. The lowest BCUT2D eigenvalue weighted by atomic mass is 9.79. The van der Waals surface area contributed by atoms with Gasteiger partial charge in [0.05, 0.1) is 0 Å². The molecule has 0 spiro atoms. The van der Waals surface area contributed by atoms with Gasteiger partial charge in [0.2, 0.25) is 5.13 Å². The lowest BCUT2D eigenvalue weighted by Crippen LogP contribution is -2.20. The highest BCUT2D eigenvalue weighted by Gasteiger charge is 2.22. The molecule has 1 aromatic heterocycles. The molecule has 3 aromatic rings. The molecule has 0 saturated carbocycles. The molecule has 3 rings (SSSR count). The van der Waals surface area contributed by atoms with Gasteiger partial charge in [-0.1, -0.05) is 89.3 Å². The Morgan fingerprint density at radius 1 is 0.857 bits per heavy atom. The lowest BCUT2D eigenvalue weighted by molar-refractivity contribution is 0.102. The molecule has 1 N–H and O–H groups in total. The second-order valence-corrected chi connectivity index (χ2v) is 10.0. The fourth-order valence-electron chi connectivity index (χ4n) is 2.77. The molecule has 0 aliphatic rings. The van der Waals surface area contributed by atoms with Crippen LogP contribution in [0, 0.1) is 0 Å². The van der Waals surface area contributed by atoms with Gasteiger partial charge < -0.3 is 0 Å². The highest BCUT2D eigenvalue weighted by atomic mass is 32.1. The maximum Gasteiger partial charge on any atom is 0.257 e. The van der Waals surface area contributed by atoms with E-state index in [0.717, 1.165) is 21.7 Å². The molecule has 0 aliphatic heterocycles. The Bertz CT molecular complexity index is 947. The number of carbonyl (C=O) groups is 1. The van der Waals surface area contributed by atoms with Gasteiger partial charge in [0.25, 0.3) is 5.91 Å². The van der Waals surface area contributed by atoms with Gasteiger partial charge in [-0.25, -0.2) is 0 Å². The number of amides is 1. The van der Waals surface area contributed by atoms with Gasteiger partial charge in [-0.05, 0) is 34.1 Å². The van der Waals surface area contributed by atoms with Crippen LogP contribution in [0.15, 0.2) is 48.5 Å². The van der Waals surface area contributed by atoms with E-state index >= 15 is 0 Å². The summed E-state index contributed by atoms with van der Waals surface area (Å²) in [5.74, 6) is -0.160. The molecule has 1 amide bonds. The number of nitrogens with one attached hydrogen (secondary N) is 1. The molecule has 0 atom stereocenters. The fraction of sp³-hybridized carbons (Fsp3) is 0.348. The quantitative estimate of drug-likeness (QED) is 0.589. The molecule has 2 aromatic carbocycles. The van der Waals surface area contributed by atoms with Gasteiger partial charge >= 0.3 is 0 Å². The van der Waals surface area contributed by atoms with E-state index in [0.29, 0.717) is 10.7 Å². The second-order valence-electron chi connectivity index (χ2n) is 9.03. The number of benzene rings is 2. The third-order valence-corrected chi connectivity index (χ3v) is 5.48. The van der Waals surface area contributed by atoms with Crippen molar-refractivity contribution >= 4 is 22.4 Å². The first kappa shape index (κ1) is 20.2. The van der Waals surface area contributed by atoms with Crippen LogP contribution < -0.4 is 5.32 Å². The Labute approximate surface area is 171 Å². The summed E-state index contributed by atoms with van der Waals surface area (Å²) in [6.07, 6.45) is 0. The first-order chi connectivity index (χ1) is 13.0. The second kappa shape index (κ2) is 7.47. The van der Waals surface area contributed by atoms with E-state index in [1.807, 2.05) is 42.5 Å². The number of hydrogen-bond donors (Lipinski definition) is 1. The molecular formula is C23H27N3OS. The third kappa shape index (κ3) is 4.65. The fourth-order valence-corrected chi connectivity index (χ4v) is 3.51. The van der Waals surface area contributed by atoms with Crippen molar-refractivity contribution in [2.24, 2.45) is 0 Å². The third-order valence-electron chi connectivity index (χ3n) is 4.59. The van der Waals surface area contributed by atoms with Gasteiger partial charge in [0, 0.05) is 11.1 Å². The minimum absolute atomic E-state index is 0.0422. The van der Waals surface area contributed by atoms with Crippen LogP contribution in [0.4, 0.5) is 5.13 Å². The summed E-state index contributed by atoms with van der Waals surface area (Å²) in [5, 5.41) is 12.5. The van der Waals surface area contributed by atoms with Gasteiger partial charge in [0.15, 0.2) is 0 Å². The maximum atomic E-state index is 12.9. The summed E-state index contributed by atoms with van der Waals surface area (Å²) in [5.41, 5.74) is 3.85. The molecule has 5 heteroatoms. The van der Waals surface area contributed by atoms with Gasteiger partial charge in [0.1, 0.15) is 5.01 Å². The molecule has 28 heavy (non-hydrogen) atoms. The average molecular weight is 394 g/mol. The van der Waals surface area contributed by atoms with E-state index in [1.54, 1.807) is 0 Å². The molecule has 0 saturated heterocycles. The van der Waals surface area contributed by atoms with Crippen molar-refractivity contribution in [1.82, 2.24) is 10.2 Å². The van der Waals surface area contributed by atoms with Crippen molar-refractivity contribution in [2.75, 3.05) is 5.32 Å². The Balaban J connectivity index is 1.89. The van der Waals surface area contributed by atoms with Crippen LogP contribution in [0.2, 0.25) is 0 Å². The highest BCUT2D eigenvalue weighted by molar-refractivity contribution is 7.18. The lowest BCUT2D eigenvalue weighted by Gasteiger charge is -2.26. The number of anilines is 1. The van der Waals surface area contributed by atoms with Crippen molar-refractivity contribution in [1.29, 1.82) is 0 Å². The van der Waals surface area contributed by atoms with Crippen LogP contribution in [-0.2, 0) is 10.8 Å². The standard InChI is InChI=1S/C23H27N3OS/c1-22(2,3)17-12-16(13-18(14-17)23(4,5)6)19(27)24-21-26-25-20(28-21)15-10-8-7-9-11-15/h7-14H,1-6H3,(H,24,26,27). The topological polar surface area (TPSA) is 54.9 Å². The zero-order valence-electron chi connectivity index (χ0n) is 17.3. The molecule has 4 nitrogen and oxygen atoms in total. The molecule has 0 aliphatic carbocycles. The summed E-state index contributed by atoms with van der Waals surface area (Å²) < 4.78 is 0. The van der Waals surface area contributed by atoms with Crippen molar-refractivity contribution in [3.05, 3.63) is 65.2 Å². The van der Waals surface area contributed by atoms with Crippen LogP contribution in [0.1, 0.15) is 63.0 Å². The van der Waals surface area contributed by atoms with E-state index in [-0.39, 0.29) is 16.7 Å². The van der Waals surface area contributed by atoms with Crippen LogP contribution >= 0.6 is 11.3 Å². The predicted molar refractivity (Wildman–Crippen MR) is 117 cm³/mol. The van der Waals surface area contributed by atoms with E-state index in [9.17, 15) is 4.79 Å². The van der Waals surface area contributed by atoms with E-state index in [2.05, 4.69) is 63.1 Å². The number of carbonyl (C=O) groups excluding carboxylic acids is 1. The van der Waals surface area contributed by atoms with E-state index < -0.39 is 0 Å². The van der Waals surface area contributed by atoms with Crippen LogP contribution in [0.3, 0.4) is 0 Å². The number of nitrogens with zero attached hydrogens (tertiary/aromatic N) is 2. The zero-order chi connectivity index (χ0) is 20.5. The van der Waals surface area contributed by atoms with Gasteiger partial charge in [-0.3, -0.25) is 10.1 Å². The molecule has 1 heterocycles. The summed E-state index contributed by atoms with van der Waals surface area (Å²) in [7, 11) is 0. The SMILES string of the molecule is CC(C)(C)c1cc(C(=O)Nc2nnc(-c3ccccc3)s2)cc(C(C)(C)C)c1. The largest absolute Gasteiger partial charge is 0.296 e. The summed E-state index contributed by atoms with van der Waals surface area (Å²) in [6.45, 7) is 13.0. The van der Waals surface area contributed by atoms with E-state index in [1.165, 1.54) is 11.3 Å². The maximum absolute atomic E-state index is 12.9. The minimum Gasteiger partial charge on any atom is -0.296 e. The molecule has 0 radical (unpaired) electrons. The van der Waals surface area contributed by atoms with Crippen molar-refractivity contribution in [3.63, 3.8) is 0 Å². The van der Waals surface area contributed by atoms with Crippen molar-refractivity contribution in [3.8, 4) is 10.6 Å². The summed E-state index contributed by atoms with van der Waals surface area (Å²) in [6, 6.07) is 16.0. The zero-order valence-corrected chi connectivity index (χ0v) is 18.1. The van der Waals surface area contributed by atoms with Crippen LogP contribution in [-0.4, -0.2) is 16.1 Å². The summed E-state index contributed by atoms with van der Waals surface area (Å²) >= 11 is 1.37. The highest BCUT2D eigenvalue weighted by Crippen LogP contribution is 2.31. The Morgan fingerprint density at radius 3 is 1.96 bits per heavy atom. The monoisotopic (exact) mass is 393 g/mol. The Morgan fingerprint density at radius 2 is 1.43 bits per heavy atom. The Hall–Kier alpha value is -2.53. The van der Waals surface area contributed by atoms with Gasteiger partial charge in [-0.2, -0.15) is 0 Å². The van der Waals surface area contributed by atoms with Crippen molar-refractivity contribution in [2.45, 2.75) is 52.4 Å². The molecule has 146 valence electrons. The first-order valence-corrected chi connectivity index (χ1v) is 10.2. The first-order valence-electron chi connectivity index (χ1n) is 9.40. The smallest absolute Gasteiger partial charge is 0.257 e. The minimum atomic E-state index is -0.160. The normalized spacial score (nSPS) is 12.1. The number of hydrogen-bond acceptors (Lipinski definition) is 4. The molecular weight excluding hydrogens is 366 g/mol. The number of aromatic nitrogens is 2. The van der Waals surface area contributed by atoms with Gasteiger partial charge in [-0.15, -0.1) is 10.2 Å². The molecule has 0 fully saturated rings. The van der Waals surface area contributed by atoms with Crippen LogP contribution in [0.25, 0.3) is 10.6 Å². The van der Waals surface area contributed by atoms with Crippen LogP contribution in [0.5, 0.6) is 0 Å². The van der Waals surface area contributed by atoms with E-state index in [4.69, 9.17) is 0 Å². The number of rotatable bonds is 3. The molecule has 0 unspecified atom stereocenters. The summed E-state index contributed by atoms with van der Waals surface area (Å²) in [4.78, 5) is 12.9. The Kier molecular flexibility index (Phi) is 5.39. The van der Waals surface area contributed by atoms with Crippen molar-refractivity contribution < 1.29 is 4.79 Å².